The number of benzene rings is 1. The van der Waals surface area contributed by atoms with E-state index < -0.39 is 0 Å². The molecule has 0 radical (unpaired) electrons. The molecule has 1 aliphatic carbocycles. The number of anilines is 1. The monoisotopic (exact) mass is 410 g/mol. The maximum absolute atomic E-state index is 12.7. The summed E-state index contributed by atoms with van der Waals surface area (Å²) >= 11 is 1.70. The summed E-state index contributed by atoms with van der Waals surface area (Å²) in [6.07, 6.45) is 11.5. The Balaban J connectivity index is 1.25. The first-order valence-electron chi connectivity index (χ1n) is 10.8. The number of likely N-dealkylation sites (tertiary alicyclic amines) is 1. The molecule has 5 nitrogen and oxygen atoms in total. The van der Waals surface area contributed by atoms with Crippen LogP contribution in [0.25, 0.3) is 0 Å². The lowest BCUT2D eigenvalue weighted by Gasteiger charge is -2.35. The molecule has 0 unspecified atom stereocenters. The summed E-state index contributed by atoms with van der Waals surface area (Å²) in [6, 6.07) is 10.8. The average molecular weight is 411 g/mol. The van der Waals surface area contributed by atoms with Crippen LogP contribution in [0.3, 0.4) is 0 Å². The number of carbonyl (C=O) groups is 1. The van der Waals surface area contributed by atoms with Crippen LogP contribution in [0.15, 0.2) is 47.8 Å². The SMILES string of the molecule is O=C(C1CCCCC1)N1CCC(Nc2cncc(SCc3ccccc3)n2)CC1. The van der Waals surface area contributed by atoms with Crippen LogP contribution in [0.2, 0.25) is 0 Å². The van der Waals surface area contributed by atoms with E-state index in [9.17, 15) is 4.79 Å². The van der Waals surface area contributed by atoms with E-state index in [1.165, 1.54) is 24.8 Å². The minimum absolute atomic E-state index is 0.275. The van der Waals surface area contributed by atoms with E-state index in [2.05, 4.69) is 39.5 Å². The molecule has 2 aromatic rings. The Labute approximate surface area is 177 Å². The smallest absolute Gasteiger partial charge is 0.225 e. The van der Waals surface area contributed by atoms with Gasteiger partial charge in [-0.1, -0.05) is 49.6 Å². The molecule has 0 bridgehead atoms. The summed E-state index contributed by atoms with van der Waals surface area (Å²) in [6.45, 7) is 1.70. The van der Waals surface area contributed by atoms with Crippen molar-refractivity contribution in [3.8, 4) is 0 Å². The van der Waals surface area contributed by atoms with Crippen LogP contribution in [-0.2, 0) is 10.5 Å². The van der Waals surface area contributed by atoms with Crippen LogP contribution in [0, 0.1) is 5.92 Å². The zero-order valence-electron chi connectivity index (χ0n) is 16.9. The summed E-state index contributed by atoms with van der Waals surface area (Å²) in [5, 5.41) is 4.47. The molecule has 1 saturated carbocycles. The van der Waals surface area contributed by atoms with Crippen LogP contribution < -0.4 is 5.32 Å². The summed E-state index contributed by atoms with van der Waals surface area (Å²) < 4.78 is 0. The standard InChI is InChI=1S/C23H30N4OS/c28-23(19-9-5-2-6-10-19)27-13-11-20(12-14-27)25-21-15-24-16-22(26-21)29-17-18-7-3-1-4-8-18/h1,3-4,7-8,15-16,19-20H,2,5-6,9-14,17H2,(H,25,26). The maximum Gasteiger partial charge on any atom is 0.225 e. The van der Waals surface area contributed by atoms with E-state index in [-0.39, 0.29) is 5.92 Å². The van der Waals surface area contributed by atoms with Crippen molar-refractivity contribution in [2.45, 2.75) is 61.8 Å². The van der Waals surface area contributed by atoms with E-state index in [1.54, 1.807) is 18.0 Å². The third-order valence-corrected chi connectivity index (χ3v) is 6.93. The largest absolute Gasteiger partial charge is 0.366 e. The quantitative estimate of drug-likeness (QED) is 0.696. The van der Waals surface area contributed by atoms with Crippen molar-refractivity contribution in [3.05, 3.63) is 48.3 Å². The normalized spacial score (nSPS) is 18.6. The first kappa shape index (κ1) is 20.2. The van der Waals surface area contributed by atoms with Gasteiger partial charge in [0.25, 0.3) is 0 Å². The molecule has 1 amide bonds. The zero-order valence-corrected chi connectivity index (χ0v) is 17.7. The van der Waals surface area contributed by atoms with E-state index in [1.807, 2.05) is 12.3 Å². The second-order valence-electron chi connectivity index (χ2n) is 8.10. The molecule has 1 N–H and O–H groups in total. The molecule has 1 saturated heterocycles. The fraction of sp³-hybridized carbons (Fsp3) is 0.522. The summed E-state index contributed by atoms with van der Waals surface area (Å²) in [5.41, 5.74) is 1.28. The van der Waals surface area contributed by atoms with E-state index in [0.717, 1.165) is 55.4 Å². The predicted octanol–water partition coefficient (Wildman–Crippen LogP) is 4.75. The van der Waals surface area contributed by atoms with Crippen LogP contribution in [0.1, 0.15) is 50.5 Å². The van der Waals surface area contributed by atoms with Gasteiger partial charge in [0, 0.05) is 30.8 Å². The number of hydrogen-bond donors (Lipinski definition) is 1. The van der Waals surface area contributed by atoms with Gasteiger partial charge in [-0.3, -0.25) is 9.78 Å². The van der Waals surface area contributed by atoms with E-state index in [4.69, 9.17) is 4.98 Å². The van der Waals surface area contributed by atoms with Crippen molar-refractivity contribution in [1.82, 2.24) is 14.9 Å². The second-order valence-corrected chi connectivity index (χ2v) is 9.09. The zero-order chi connectivity index (χ0) is 19.9. The van der Waals surface area contributed by atoms with Gasteiger partial charge < -0.3 is 10.2 Å². The number of nitrogens with one attached hydrogen (secondary N) is 1. The fourth-order valence-electron chi connectivity index (χ4n) is 4.28. The second kappa shape index (κ2) is 10.1. The summed E-state index contributed by atoms with van der Waals surface area (Å²) in [4.78, 5) is 23.9. The Morgan fingerprint density at radius 2 is 1.79 bits per heavy atom. The molecule has 6 heteroatoms. The Morgan fingerprint density at radius 3 is 2.55 bits per heavy atom. The van der Waals surface area contributed by atoms with Crippen LogP contribution in [0.5, 0.6) is 0 Å². The lowest BCUT2D eigenvalue weighted by atomic mass is 9.87. The van der Waals surface area contributed by atoms with Gasteiger partial charge in [0.1, 0.15) is 10.8 Å². The van der Waals surface area contributed by atoms with Crippen molar-refractivity contribution >= 4 is 23.5 Å². The number of nitrogens with zero attached hydrogens (tertiary/aromatic N) is 3. The Hall–Kier alpha value is -2.08. The Morgan fingerprint density at radius 1 is 1.03 bits per heavy atom. The summed E-state index contributed by atoms with van der Waals surface area (Å²) in [7, 11) is 0. The molecule has 29 heavy (non-hydrogen) atoms. The van der Waals surface area contributed by atoms with Gasteiger partial charge in [0.05, 0.1) is 12.4 Å². The van der Waals surface area contributed by atoms with Gasteiger partial charge in [-0.2, -0.15) is 0 Å². The van der Waals surface area contributed by atoms with Gasteiger partial charge >= 0.3 is 0 Å². The fourth-order valence-corrected chi connectivity index (χ4v) is 5.09. The lowest BCUT2D eigenvalue weighted by molar-refractivity contribution is -0.137. The van der Waals surface area contributed by atoms with Gasteiger partial charge in [-0.25, -0.2) is 4.98 Å². The summed E-state index contributed by atoms with van der Waals surface area (Å²) in [5.74, 6) is 2.39. The van der Waals surface area contributed by atoms with Crippen LogP contribution in [-0.4, -0.2) is 39.9 Å². The molecule has 1 aromatic carbocycles. The Bertz CT molecular complexity index is 786. The molecule has 1 aromatic heterocycles. The first-order chi connectivity index (χ1) is 14.3. The van der Waals surface area contributed by atoms with Crippen LogP contribution >= 0.6 is 11.8 Å². The molecule has 4 rings (SSSR count). The third kappa shape index (κ3) is 5.72. The van der Waals surface area contributed by atoms with Crippen molar-refractivity contribution in [3.63, 3.8) is 0 Å². The molecule has 154 valence electrons. The first-order valence-corrected chi connectivity index (χ1v) is 11.8. The molecule has 2 heterocycles. The van der Waals surface area contributed by atoms with Crippen molar-refractivity contribution in [1.29, 1.82) is 0 Å². The molecule has 1 aliphatic heterocycles. The van der Waals surface area contributed by atoms with Gasteiger partial charge in [0.15, 0.2) is 0 Å². The highest BCUT2D eigenvalue weighted by atomic mass is 32.2. The average Bonchev–Trinajstić information content (AvgIpc) is 2.79. The van der Waals surface area contributed by atoms with Gasteiger partial charge in [0.2, 0.25) is 5.91 Å². The third-order valence-electron chi connectivity index (χ3n) is 5.96. The number of amides is 1. The van der Waals surface area contributed by atoms with Crippen molar-refractivity contribution < 1.29 is 4.79 Å². The van der Waals surface area contributed by atoms with E-state index >= 15 is 0 Å². The number of hydrogen-bond acceptors (Lipinski definition) is 5. The van der Waals surface area contributed by atoms with Crippen molar-refractivity contribution in [2.75, 3.05) is 18.4 Å². The van der Waals surface area contributed by atoms with Gasteiger partial charge in [-0.05, 0) is 31.2 Å². The molecule has 0 spiro atoms. The topological polar surface area (TPSA) is 58.1 Å². The predicted molar refractivity (Wildman–Crippen MR) is 118 cm³/mol. The molecular weight excluding hydrogens is 380 g/mol. The minimum atomic E-state index is 0.275. The Kier molecular flexibility index (Phi) is 7.04. The van der Waals surface area contributed by atoms with Crippen molar-refractivity contribution in [2.24, 2.45) is 5.92 Å². The number of piperidine rings is 1. The highest BCUT2D eigenvalue weighted by Crippen LogP contribution is 2.27. The number of aromatic nitrogens is 2. The molecule has 2 fully saturated rings. The number of thioether (sulfide) groups is 1. The molecule has 2 aliphatic rings. The molecule has 0 atom stereocenters. The number of rotatable bonds is 6. The van der Waals surface area contributed by atoms with E-state index in [0.29, 0.717) is 11.9 Å². The molecular formula is C23H30N4OS. The number of carbonyl (C=O) groups excluding carboxylic acids is 1. The highest BCUT2D eigenvalue weighted by Gasteiger charge is 2.29. The lowest BCUT2D eigenvalue weighted by Crippen LogP contribution is -2.45. The minimum Gasteiger partial charge on any atom is -0.366 e. The maximum atomic E-state index is 12.7. The van der Waals surface area contributed by atoms with Crippen LogP contribution in [0.4, 0.5) is 5.82 Å². The highest BCUT2D eigenvalue weighted by molar-refractivity contribution is 7.98. The van der Waals surface area contributed by atoms with Gasteiger partial charge in [-0.15, -0.1) is 11.8 Å².